The van der Waals surface area contributed by atoms with Crippen LogP contribution in [0.4, 0.5) is 22.7 Å². The van der Waals surface area contributed by atoms with Crippen LogP contribution in [0.1, 0.15) is 18.9 Å². The lowest BCUT2D eigenvalue weighted by atomic mass is 10.1. The van der Waals surface area contributed by atoms with Crippen molar-refractivity contribution in [1.29, 1.82) is 0 Å². The van der Waals surface area contributed by atoms with E-state index in [1.165, 1.54) is 12.2 Å². The second-order valence-corrected chi connectivity index (χ2v) is 8.95. The van der Waals surface area contributed by atoms with Crippen molar-refractivity contribution in [3.63, 3.8) is 0 Å². The van der Waals surface area contributed by atoms with E-state index in [1.54, 1.807) is 49.4 Å². The Labute approximate surface area is 214 Å². The Morgan fingerprint density at radius 2 is 1.81 bits per heavy atom. The van der Waals surface area contributed by atoms with Gasteiger partial charge in [-0.1, -0.05) is 63.1 Å². The fourth-order valence-electron chi connectivity index (χ4n) is 3.05. The van der Waals surface area contributed by atoms with E-state index in [0.29, 0.717) is 33.4 Å². The van der Waals surface area contributed by atoms with Gasteiger partial charge in [0.15, 0.2) is 0 Å². The van der Waals surface area contributed by atoms with Gasteiger partial charge in [0.2, 0.25) is 0 Å². The lowest BCUT2D eigenvalue weighted by molar-refractivity contribution is 0.355. The van der Waals surface area contributed by atoms with E-state index in [0.717, 1.165) is 12.0 Å². The van der Waals surface area contributed by atoms with Crippen molar-refractivity contribution in [2.75, 3.05) is 12.3 Å². The third-order valence-corrected chi connectivity index (χ3v) is 6.24. The minimum Gasteiger partial charge on any atom is -0.489 e. The first-order valence-corrected chi connectivity index (χ1v) is 12.3. The van der Waals surface area contributed by atoms with E-state index in [1.807, 2.05) is 25.2 Å². The Morgan fingerprint density at radius 3 is 2.42 bits per heavy atom. The molecule has 0 spiro atoms. The number of azo groups is 1. The van der Waals surface area contributed by atoms with Gasteiger partial charge in [0.25, 0.3) is 0 Å². The van der Waals surface area contributed by atoms with Gasteiger partial charge in [-0.2, -0.15) is 0 Å². The zero-order valence-corrected chi connectivity index (χ0v) is 21.3. The van der Waals surface area contributed by atoms with Gasteiger partial charge in [0, 0.05) is 15.9 Å². The highest BCUT2D eigenvalue weighted by molar-refractivity contribution is 7.89. The van der Waals surface area contributed by atoms with Gasteiger partial charge in [-0.05, 0) is 60.0 Å². The summed E-state index contributed by atoms with van der Waals surface area (Å²) in [5, 5.41) is 11.5. The normalized spacial score (nSPS) is 13.1. The smallest absolute Gasteiger partial charge is 0.138 e. The summed E-state index contributed by atoms with van der Waals surface area (Å²) in [5.74, 6) is 0.512. The predicted octanol–water partition coefficient (Wildman–Crippen LogP) is 8.21. The molecule has 0 aliphatic rings. The molecule has 0 amide bonds. The number of allylic oxidation sites excluding steroid dienone is 6. The first-order chi connectivity index (χ1) is 17.4. The lowest BCUT2D eigenvalue weighted by Crippen LogP contribution is -2.00. The van der Waals surface area contributed by atoms with Crippen molar-refractivity contribution in [1.82, 2.24) is 0 Å². The molecule has 186 valence electrons. The number of benzene rings is 2. The van der Waals surface area contributed by atoms with Crippen LogP contribution in [0.15, 0.2) is 123 Å². The SMILES string of the molecule is C=C/C=C(\C=C/CC)COc1cc(C)c(N=O)c(N=Nc2ccc(S(=O)/C(C=C)=C/C=C)cc2N)c1. The third kappa shape index (κ3) is 7.68. The number of rotatable bonds is 13. The topological polar surface area (TPSA) is 106 Å². The molecular weight excluding hydrogens is 472 g/mol. The Morgan fingerprint density at radius 1 is 1.08 bits per heavy atom. The van der Waals surface area contributed by atoms with Crippen LogP contribution in [0.25, 0.3) is 0 Å². The van der Waals surface area contributed by atoms with Crippen LogP contribution in [-0.2, 0) is 10.8 Å². The van der Waals surface area contributed by atoms with E-state index in [2.05, 4.69) is 35.1 Å². The van der Waals surface area contributed by atoms with Crippen LogP contribution < -0.4 is 10.5 Å². The molecule has 2 N–H and O–H groups in total. The predicted molar refractivity (Wildman–Crippen MR) is 150 cm³/mol. The standard InChI is InChI=1S/C28H30N4O3S/c1-6-10-13-21(11-7-2)19-35-22-16-20(5)28(32-33)27(17-22)31-30-26-15-14-24(18-25(26)29)36(34)23(9-4)12-8-3/h7-18H,2-4,6,19,29H2,1,5H3/b13-10-,21-11+,23-12+,31-30?. The van der Waals surface area contributed by atoms with Gasteiger partial charge in [0.05, 0.1) is 16.5 Å². The summed E-state index contributed by atoms with van der Waals surface area (Å²) in [7, 11) is -1.47. The number of nitrogens with two attached hydrogens (primary N) is 1. The van der Waals surface area contributed by atoms with Crippen LogP contribution in [-0.4, -0.2) is 10.8 Å². The van der Waals surface area contributed by atoms with E-state index in [-0.39, 0.29) is 17.1 Å². The molecule has 0 aliphatic heterocycles. The van der Waals surface area contributed by atoms with Crippen molar-refractivity contribution >= 4 is 33.5 Å². The van der Waals surface area contributed by atoms with E-state index in [9.17, 15) is 9.12 Å². The molecule has 0 fully saturated rings. The fourth-order valence-corrected chi connectivity index (χ4v) is 4.12. The number of ether oxygens (including phenoxy) is 1. The summed E-state index contributed by atoms with van der Waals surface area (Å²) < 4.78 is 18.6. The molecule has 0 bridgehead atoms. The number of aryl methyl sites for hydroxylation is 1. The quantitative estimate of drug-likeness (QED) is 0.129. The van der Waals surface area contributed by atoms with Crippen molar-refractivity contribution in [3.05, 3.63) is 114 Å². The Hall–Kier alpha value is -4.17. The molecule has 0 saturated carbocycles. The summed E-state index contributed by atoms with van der Waals surface area (Å²) in [6, 6.07) is 8.12. The van der Waals surface area contributed by atoms with E-state index < -0.39 is 10.8 Å². The highest BCUT2D eigenvalue weighted by Gasteiger charge is 2.12. The van der Waals surface area contributed by atoms with E-state index >= 15 is 0 Å². The first kappa shape index (κ1) is 28.1. The molecular formula is C28H30N4O3S. The van der Waals surface area contributed by atoms with Crippen molar-refractivity contribution in [2.45, 2.75) is 25.2 Å². The van der Waals surface area contributed by atoms with Gasteiger partial charge in [-0.15, -0.1) is 15.1 Å². The van der Waals surface area contributed by atoms with Gasteiger partial charge >= 0.3 is 0 Å². The van der Waals surface area contributed by atoms with Gasteiger partial charge in [0.1, 0.15) is 29.4 Å². The van der Waals surface area contributed by atoms with Crippen molar-refractivity contribution in [2.24, 2.45) is 15.4 Å². The summed E-state index contributed by atoms with van der Waals surface area (Å²) in [6.45, 7) is 15.1. The number of anilines is 1. The molecule has 36 heavy (non-hydrogen) atoms. The largest absolute Gasteiger partial charge is 0.489 e. The zero-order chi connectivity index (χ0) is 26.5. The summed E-state index contributed by atoms with van der Waals surface area (Å²) in [5.41, 5.74) is 8.70. The minimum absolute atomic E-state index is 0.153. The number of hydrogen-bond acceptors (Lipinski definition) is 7. The molecule has 1 unspecified atom stereocenters. The number of nitrogen functional groups attached to an aromatic ring is 1. The molecule has 2 rings (SSSR count). The zero-order valence-electron chi connectivity index (χ0n) is 20.5. The van der Waals surface area contributed by atoms with Crippen molar-refractivity contribution in [3.8, 4) is 5.75 Å². The van der Waals surface area contributed by atoms with Crippen molar-refractivity contribution < 1.29 is 8.95 Å². The second-order valence-electron chi connectivity index (χ2n) is 7.47. The highest BCUT2D eigenvalue weighted by atomic mass is 32.2. The van der Waals surface area contributed by atoms with Gasteiger partial charge in [-0.3, -0.25) is 0 Å². The third-order valence-electron chi connectivity index (χ3n) is 4.83. The van der Waals surface area contributed by atoms with Crippen LogP contribution in [0.5, 0.6) is 5.75 Å². The Balaban J connectivity index is 2.34. The molecule has 0 aromatic heterocycles. The van der Waals surface area contributed by atoms with Crippen LogP contribution in [0.3, 0.4) is 0 Å². The van der Waals surface area contributed by atoms with Gasteiger partial charge in [-0.25, -0.2) is 4.21 Å². The van der Waals surface area contributed by atoms with Gasteiger partial charge < -0.3 is 10.5 Å². The molecule has 1 atom stereocenters. The van der Waals surface area contributed by atoms with Crippen LogP contribution >= 0.6 is 0 Å². The molecule has 0 saturated heterocycles. The molecule has 0 aliphatic carbocycles. The molecule has 2 aromatic rings. The molecule has 7 nitrogen and oxygen atoms in total. The fraction of sp³-hybridized carbons (Fsp3) is 0.143. The number of nitrogens with zero attached hydrogens (tertiary/aromatic N) is 3. The summed E-state index contributed by atoms with van der Waals surface area (Å²) >= 11 is 0. The van der Waals surface area contributed by atoms with Crippen LogP contribution in [0.2, 0.25) is 0 Å². The monoisotopic (exact) mass is 502 g/mol. The maximum absolute atomic E-state index is 12.7. The summed E-state index contributed by atoms with van der Waals surface area (Å²) in [6.07, 6.45) is 13.1. The average Bonchev–Trinajstić information content (AvgIpc) is 2.87. The maximum Gasteiger partial charge on any atom is 0.138 e. The Kier molecular flexibility index (Phi) is 11.1. The Bertz CT molecular complexity index is 1290. The molecule has 0 radical (unpaired) electrons. The molecule has 0 heterocycles. The summed E-state index contributed by atoms with van der Waals surface area (Å²) in [4.78, 5) is 12.5. The van der Waals surface area contributed by atoms with E-state index in [4.69, 9.17) is 10.5 Å². The molecule has 8 heteroatoms. The lowest BCUT2D eigenvalue weighted by Gasteiger charge is -2.10. The second kappa shape index (κ2) is 14.3. The molecule has 2 aromatic carbocycles. The number of nitroso groups, excluding NO2 is 1. The maximum atomic E-state index is 12.7. The van der Waals surface area contributed by atoms with Crippen LogP contribution in [0, 0.1) is 11.8 Å². The average molecular weight is 503 g/mol. The first-order valence-electron chi connectivity index (χ1n) is 11.2. The minimum atomic E-state index is -1.47. The highest BCUT2D eigenvalue weighted by Crippen LogP contribution is 2.37. The number of hydrogen-bond donors (Lipinski definition) is 1.